The molecule has 3 nitrogen and oxygen atoms in total. The molecule has 3 rings (SSSR count). The molecule has 25 heavy (non-hydrogen) atoms. The molecule has 1 saturated carbocycles. The average Bonchev–Trinajstić information content (AvgIpc) is 3.41. The lowest BCUT2D eigenvalue weighted by molar-refractivity contribution is -0.160. The number of hydrogen-bond acceptors (Lipinski definition) is 3. The second kappa shape index (κ2) is 7.86. The number of hydrogen-bond donors (Lipinski definition) is 0. The molecule has 4 heteroatoms. The van der Waals surface area contributed by atoms with Crippen molar-refractivity contribution in [2.45, 2.75) is 58.4 Å². The maximum absolute atomic E-state index is 13.1. The second-order valence-electron chi connectivity index (χ2n) is 7.86. The van der Waals surface area contributed by atoms with Crippen LogP contribution in [0.3, 0.4) is 0 Å². The molecule has 1 aliphatic heterocycles. The highest BCUT2D eigenvalue weighted by molar-refractivity contribution is 5.77. The fourth-order valence-electron chi connectivity index (χ4n) is 4.13. The third-order valence-corrected chi connectivity index (χ3v) is 5.91. The van der Waals surface area contributed by atoms with E-state index in [2.05, 4.69) is 11.8 Å². The summed E-state index contributed by atoms with van der Waals surface area (Å²) in [6.07, 6.45) is 6.26. The fourth-order valence-corrected chi connectivity index (χ4v) is 4.13. The van der Waals surface area contributed by atoms with Gasteiger partial charge in [0.25, 0.3) is 0 Å². The van der Waals surface area contributed by atoms with Crippen molar-refractivity contribution in [2.75, 3.05) is 19.7 Å². The molecule has 1 aromatic rings. The number of rotatable bonds is 7. The summed E-state index contributed by atoms with van der Waals surface area (Å²) in [6, 6.07) is 7.18. The van der Waals surface area contributed by atoms with Crippen LogP contribution in [0, 0.1) is 17.2 Å². The predicted octanol–water partition coefficient (Wildman–Crippen LogP) is 4.20. The molecular weight excluding hydrogens is 317 g/mol. The van der Waals surface area contributed by atoms with E-state index in [0.717, 1.165) is 50.3 Å². The topological polar surface area (TPSA) is 29.5 Å². The number of benzene rings is 1. The van der Waals surface area contributed by atoms with Crippen LogP contribution in [0.5, 0.6) is 0 Å². The van der Waals surface area contributed by atoms with E-state index in [9.17, 15) is 9.18 Å². The Morgan fingerprint density at radius 3 is 2.48 bits per heavy atom. The van der Waals surface area contributed by atoms with Crippen LogP contribution >= 0.6 is 0 Å². The first-order chi connectivity index (χ1) is 12.0. The van der Waals surface area contributed by atoms with Crippen LogP contribution in [0.2, 0.25) is 0 Å². The molecule has 1 heterocycles. The van der Waals surface area contributed by atoms with Crippen molar-refractivity contribution in [1.29, 1.82) is 0 Å². The first kappa shape index (κ1) is 18.4. The van der Waals surface area contributed by atoms with E-state index in [1.807, 2.05) is 19.1 Å². The van der Waals surface area contributed by atoms with Gasteiger partial charge in [-0.1, -0.05) is 25.0 Å². The standard InChI is InChI=1S/C21H30FNO2/c1-3-25-20(24)21(15-18-4-5-18)10-12-23(13-11-21)16(2)14-17-6-8-19(22)9-7-17/h6-9,16,18H,3-5,10-15H2,1-2H3. The SMILES string of the molecule is CCOC(=O)C1(CC2CC2)CCN(C(C)Cc2ccc(F)cc2)CC1. The van der Waals surface area contributed by atoms with Gasteiger partial charge in [0.15, 0.2) is 0 Å². The molecule has 0 bridgehead atoms. The van der Waals surface area contributed by atoms with E-state index in [0.29, 0.717) is 12.6 Å². The zero-order valence-corrected chi connectivity index (χ0v) is 15.5. The van der Waals surface area contributed by atoms with Crippen molar-refractivity contribution in [2.24, 2.45) is 11.3 Å². The monoisotopic (exact) mass is 347 g/mol. The van der Waals surface area contributed by atoms with Crippen LogP contribution in [0.15, 0.2) is 24.3 Å². The van der Waals surface area contributed by atoms with Crippen LogP contribution in [0.25, 0.3) is 0 Å². The van der Waals surface area contributed by atoms with Crippen molar-refractivity contribution in [3.05, 3.63) is 35.6 Å². The van der Waals surface area contributed by atoms with Crippen molar-refractivity contribution in [3.8, 4) is 0 Å². The lowest BCUT2D eigenvalue weighted by Gasteiger charge is -2.42. The molecule has 0 amide bonds. The van der Waals surface area contributed by atoms with Gasteiger partial charge in [0.05, 0.1) is 12.0 Å². The molecule has 1 aromatic carbocycles. The number of ether oxygens (including phenoxy) is 1. The highest BCUT2D eigenvalue weighted by atomic mass is 19.1. The number of esters is 1. The Morgan fingerprint density at radius 2 is 1.92 bits per heavy atom. The van der Waals surface area contributed by atoms with Gasteiger partial charge in [-0.25, -0.2) is 4.39 Å². The van der Waals surface area contributed by atoms with Crippen LogP contribution < -0.4 is 0 Å². The third kappa shape index (κ3) is 4.60. The van der Waals surface area contributed by atoms with Gasteiger partial charge in [0.1, 0.15) is 5.82 Å². The summed E-state index contributed by atoms with van der Waals surface area (Å²) >= 11 is 0. The Hall–Kier alpha value is -1.42. The van der Waals surface area contributed by atoms with E-state index in [4.69, 9.17) is 4.74 Å². The minimum Gasteiger partial charge on any atom is -0.466 e. The fraction of sp³-hybridized carbons (Fsp3) is 0.667. The molecule has 1 atom stereocenters. The van der Waals surface area contributed by atoms with Crippen molar-refractivity contribution >= 4 is 5.97 Å². The van der Waals surface area contributed by atoms with Crippen LogP contribution in [-0.2, 0) is 16.0 Å². The molecule has 2 aliphatic rings. The molecule has 0 aromatic heterocycles. The zero-order chi connectivity index (χ0) is 17.9. The summed E-state index contributed by atoms with van der Waals surface area (Å²) in [5.74, 6) is 0.564. The van der Waals surface area contributed by atoms with Gasteiger partial charge in [0.2, 0.25) is 0 Å². The molecule has 2 fully saturated rings. The van der Waals surface area contributed by atoms with E-state index in [1.165, 1.54) is 25.0 Å². The van der Waals surface area contributed by atoms with Gasteiger partial charge in [-0.15, -0.1) is 0 Å². The number of carbonyl (C=O) groups is 1. The summed E-state index contributed by atoms with van der Waals surface area (Å²) in [4.78, 5) is 15.1. The number of carbonyl (C=O) groups excluding carboxylic acids is 1. The van der Waals surface area contributed by atoms with E-state index >= 15 is 0 Å². The quantitative estimate of drug-likeness (QED) is 0.692. The Morgan fingerprint density at radius 1 is 1.28 bits per heavy atom. The van der Waals surface area contributed by atoms with E-state index in [1.54, 1.807) is 0 Å². The second-order valence-corrected chi connectivity index (χ2v) is 7.86. The van der Waals surface area contributed by atoms with Gasteiger partial charge in [-0.2, -0.15) is 0 Å². The Bertz CT molecular complexity index is 574. The first-order valence-electron chi connectivity index (χ1n) is 9.68. The Labute approximate surface area is 150 Å². The third-order valence-electron chi connectivity index (χ3n) is 5.91. The molecule has 0 radical (unpaired) electrons. The largest absolute Gasteiger partial charge is 0.466 e. The van der Waals surface area contributed by atoms with Gasteiger partial charge < -0.3 is 9.64 Å². The molecule has 138 valence electrons. The summed E-state index contributed by atoms with van der Waals surface area (Å²) in [5, 5.41) is 0. The minimum atomic E-state index is -0.261. The molecule has 1 saturated heterocycles. The van der Waals surface area contributed by atoms with Crippen molar-refractivity contribution in [1.82, 2.24) is 4.90 Å². The van der Waals surface area contributed by atoms with Crippen LogP contribution in [0.4, 0.5) is 4.39 Å². The number of likely N-dealkylation sites (tertiary alicyclic amines) is 1. The van der Waals surface area contributed by atoms with Crippen LogP contribution in [0.1, 0.15) is 51.5 Å². The average molecular weight is 347 g/mol. The van der Waals surface area contributed by atoms with E-state index in [-0.39, 0.29) is 17.2 Å². The summed E-state index contributed by atoms with van der Waals surface area (Å²) < 4.78 is 18.5. The number of halogens is 1. The molecular formula is C21H30FNO2. The smallest absolute Gasteiger partial charge is 0.312 e. The summed E-state index contributed by atoms with van der Waals surface area (Å²) in [5.41, 5.74) is 0.901. The summed E-state index contributed by atoms with van der Waals surface area (Å²) in [7, 11) is 0. The lowest BCUT2D eigenvalue weighted by Crippen LogP contribution is -2.48. The minimum absolute atomic E-state index is 0.0211. The number of piperidine rings is 1. The normalized spacial score (nSPS) is 21.7. The van der Waals surface area contributed by atoms with Crippen molar-refractivity contribution in [3.63, 3.8) is 0 Å². The van der Waals surface area contributed by atoms with Gasteiger partial charge in [-0.05, 0) is 76.2 Å². The Kier molecular flexibility index (Phi) is 5.78. The molecule has 1 unspecified atom stereocenters. The maximum atomic E-state index is 13.1. The maximum Gasteiger partial charge on any atom is 0.312 e. The highest BCUT2D eigenvalue weighted by Gasteiger charge is 2.46. The van der Waals surface area contributed by atoms with Crippen LogP contribution in [-0.4, -0.2) is 36.6 Å². The van der Waals surface area contributed by atoms with Crippen molar-refractivity contribution < 1.29 is 13.9 Å². The van der Waals surface area contributed by atoms with E-state index < -0.39 is 0 Å². The van der Waals surface area contributed by atoms with Gasteiger partial charge >= 0.3 is 5.97 Å². The molecule has 1 aliphatic carbocycles. The molecule has 0 N–H and O–H groups in total. The molecule has 0 spiro atoms. The predicted molar refractivity (Wildman–Crippen MR) is 96.8 cm³/mol. The van der Waals surface area contributed by atoms with Gasteiger partial charge in [0, 0.05) is 6.04 Å². The highest BCUT2D eigenvalue weighted by Crippen LogP contribution is 2.46. The zero-order valence-electron chi connectivity index (χ0n) is 15.5. The lowest BCUT2D eigenvalue weighted by atomic mass is 9.74. The number of nitrogens with zero attached hydrogens (tertiary/aromatic N) is 1. The Balaban J connectivity index is 1.58. The van der Waals surface area contributed by atoms with Gasteiger partial charge in [-0.3, -0.25) is 4.79 Å². The summed E-state index contributed by atoms with van der Waals surface area (Å²) in [6.45, 7) is 6.46. The first-order valence-corrected chi connectivity index (χ1v) is 9.68.